The number of anilines is 1. The van der Waals surface area contributed by atoms with Crippen molar-refractivity contribution >= 4 is 16.7 Å². The molecule has 0 unspecified atom stereocenters. The van der Waals surface area contributed by atoms with E-state index < -0.39 is 0 Å². The molecule has 2 aromatic carbocycles. The number of pyridine rings is 1. The molecule has 0 radical (unpaired) electrons. The summed E-state index contributed by atoms with van der Waals surface area (Å²) in [5.74, 6) is 3.30. The topological polar surface area (TPSA) is 78.4 Å². The fourth-order valence-electron chi connectivity index (χ4n) is 3.25. The molecule has 4 rings (SSSR count). The van der Waals surface area contributed by atoms with Crippen molar-refractivity contribution in [2.45, 2.75) is 6.54 Å². The molecule has 0 aliphatic heterocycles. The van der Waals surface area contributed by atoms with Crippen LogP contribution in [0.3, 0.4) is 0 Å². The molecule has 30 heavy (non-hydrogen) atoms. The monoisotopic (exact) mass is 402 g/mol. The lowest BCUT2D eigenvalue weighted by Crippen LogP contribution is -2.06. The van der Waals surface area contributed by atoms with E-state index in [0.29, 0.717) is 29.6 Å². The van der Waals surface area contributed by atoms with Crippen molar-refractivity contribution in [2.75, 3.05) is 26.6 Å². The first-order valence-electron chi connectivity index (χ1n) is 9.43. The summed E-state index contributed by atoms with van der Waals surface area (Å²) >= 11 is 0. The van der Waals surface area contributed by atoms with Gasteiger partial charge in [-0.15, -0.1) is 0 Å². The van der Waals surface area contributed by atoms with Crippen molar-refractivity contribution in [2.24, 2.45) is 0 Å². The van der Waals surface area contributed by atoms with Crippen LogP contribution in [0.25, 0.3) is 22.3 Å². The third-order valence-corrected chi connectivity index (χ3v) is 4.76. The SMILES string of the molecule is COc1cc(OC)c(OC)cc1CNc1nc(-c2cccnc2)nc2ccccc12. The van der Waals surface area contributed by atoms with Crippen LogP contribution in [-0.4, -0.2) is 36.3 Å². The molecule has 0 saturated carbocycles. The predicted molar refractivity (Wildman–Crippen MR) is 116 cm³/mol. The summed E-state index contributed by atoms with van der Waals surface area (Å²) in [7, 11) is 4.84. The minimum Gasteiger partial charge on any atom is -0.496 e. The highest BCUT2D eigenvalue weighted by molar-refractivity contribution is 5.90. The van der Waals surface area contributed by atoms with Crippen molar-refractivity contribution in [1.29, 1.82) is 0 Å². The molecular formula is C23H22N4O3. The normalized spacial score (nSPS) is 10.6. The van der Waals surface area contributed by atoms with Gasteiger partial charge >= 0.3 is 0 Å². The van der Waals surface area contributed by atoms with Gasteiger partial charge in [0.1, 0.15) is 11.6 Å². The van der Waals surface area contributed by atoms with E-state index in [9.17, 15) is 0 Å². The Kier molecular flexibility index (Phi) is 5.61. The average molecular weight is 402 g/mol. The summed E-state index contributed by atoms with van der Waals surface area (Å²) in [6, 6.07) is 15.4. The van der Waals surface area contributed by atoms with Gasteiger partial charge < -0.3 is 19.5 Å². The molecule has 7 heteroatoms. The van der Waals surface area contributed by atoms with E-state index >= 15 is 0 Å². The number of nitrogens with one attached hydrogen (secondary N) is 1. The maximum Gasteiger partial charge on any atom is 0.164 e. The minimum atomic E-state index is 0.483. The smallest absolute Gasteiger partial charge is 0.164 e. The van der Waals surface area contributed by atoms with E-state index in [1.807, 2.05) is 48.5 Å². The maximum atomic E-state index is 5.54. The molecule has 0 spiro atoms. The number of benzene rings is 2. The first-order chi connectivity index (χ1) is 14.7. The summed E-state index contributed by atoms with van der Waals surface area (Å²) in [6.07, 6.45) is 3.48. The van der Waals surface area contributed by atoms with Crippen molar-refractivity contribution in [3.8, 4) is 28.6 Å². The van der Waals surface area contributed by atoms with Gasteiger partial charge in [0.15, 0.2) is 17.3 Å². The maximum absolute atomic E-state index is 5.54. The predicted octanol–water partition coefficient (Wildman–Crippen LogP) is 4.33. The Morgan fingerprint density at radius 3 is 2.33 bits per heavy atom. The Bertz CT molecular complexity index is 1170. The van der Waals surface area contributed by atoms with E-state index in [2.05, 4.69) is 10.3 Å². The number of rotatable bonds is 7. The number of hydrogen-bond acceptors (Lipinski definition) is 7. The van der Waals surface area contributed by atoms with Gasteiger partial charge in [0.25, 0.3) is 0 Å². The molecule has 0 bridgehead atoms. The summed E-state index contributed by atoms with van der Waals surface area (Å²) < 4.78 is 16.3. The molecule has 0 fully saturated rings. The van der Waals surface area contributed by atoms with Crippen LogP contribution in [0.1, 0.15) is 5.56 Å². The minimum absolute atomic E-state index is 0.483. The van der Waals surface area contributed by atoms with Crippen molar-refractivity contribution in [3.05, 3.63) is 66.5 Å². The highest BCUT2D eigenvalue weighted by atomic mass is 16.5. The van der Waals surface area contributed by atoms with Gasteiger partial charge in [-0.25, -0.2) is 9.97 Å². The summed E-state index contributed by atoms with van der Waals surface area (Å²) in [5, 5.41) is 4.36. The number of hydrogen-bond donors (Lipinski definition) is 1. The van der Waals surface area contributed by atoms with Gasteiger partial charge in [0, 0.05) is 41.5 Å². The third-order valence-electron chi connectivity index (χ3n) is 4.76. The fourth-order valence-corrected chi connectivity index (χ4v) is 3.25. The van der Waals surface area contributed by atoms with Gasteiger partial charge in [0.05, 0.1) is 26.8 Å². The largest absolute Gasteiger partial charge is 0.496 e. The molecule has 152 valence electrons. The second-order valence-corrected chi connectivity index (χ2v) is 6.53. The molecule has 2 heterocycles. The van der Waals surface area contributed by atoms with E-state index in [4.69, 9.17) is 24.2 Å². The van der Waals surface area contributed by atoms with Gasteiger partial charge in [-0.3, -0.25) is 4.98 Å². The third kappa shape index (κ3) is 3.82. The van der Waals surface area contributed by atoms with E-state index in [1.54, 1.807) is 33.7 Å². The average Bonchev–Trinajstić information content (AvgIpc) is 2.82. The lowest BCUT2D eigenvalue weighted by Gasteiger charge is -2.16. The Labute approximate surface area is 174 Å². The van der Waals surface area contributed by atoms with Crippen LogP contribution >= 0.6 is 0 Å². The van der Waals surface area contributed by atoms with Crippen molar-refractivity contribution < 1.29 is 14.2 Å². The number of nitrogens with zero attached hydrogens (tertiary/aromatic N) is 3. The Balaban J connectivity index is 1.72. The van der Waals surface area contributed by atoms with E-state index in [-0.39, 0.29) is 0 Å². The van der Waals surface area contributed by atoms with Crippen LogP contribution in [0, 0.1) is 0 Å². The zero-order chi connectivity index (χ0) is 20.9. The lowest BCUT2D eigenvalue weighted by molar-refractivity contribution is 0.347. The van der Waals surface area contributed by atoms with Gasteiger partial charge in [0.2, 0.25) is 0 Å². The van der Waals surface area contributed by atoms with E-state index in [1.165, 1.54) is 0 Å². The summed E-state index contributed by atoms with van der Waals surface area (Å²) in [6.45, 7) is 0.483. The number of fused-ring (bicyclic) bond motifs is 1. The fraction of sp³-hybridized carbons (Fsp3) is 0.174. The Hall–Kier alpha value is -3.87. The lowest BCUT2D eigenvalue weighted by atomic mass is 10.1. The van der Waals surface area contributed by atoms with Crippen LogP contribution in [0.4, 0.5) is 5.82 Å². The summed E-state index contributed by atoms with van der Waals surface area (Å²) in [5.41, 5.74) is 2.63. The molecular weight excluding hydrogens is 380 g/mol. The van der Waals surface area contributed by atoms with Crippen LogP contribution in [0.15, 0.2) is 60.9 Å². The Morgan fingerprint density at radius 2 is 1.60 bits per heavy atom. The zero-order valence-corrected chi connectivity index (χ0v) is 17.0. The number of methoxy groups -OCH3 is 3. The number of para-hydroxylation sites is 1. The van der Waals surface area contributed by atoms with E-state index in [0.717, 1.165) is 27.8 Å². The van der Waals surface area contributed by atoms with Crippen LogP contribution in [0.2, 0.25) is 0 Å². The van der Waals surface area contributed by atoms with Gasteiger partial charge in [-0.2, -0.15) is 0 Å². The first kappa shape index (κ1) is 19.4. The molecule has 2 aromatic heterocycles. The standard InChI is InChI=1S/C23H22N4O3/c1-28-19-12-21(30-3)20(29-2)11-16(19)14-25-23-17-8-4-5-9-18(17)26-22(27-23)15-7-6-10-24-13-15/h4-13H,14H2,1-3H3,(H,25,26,27). The quantitative estimate of drug-likeness (QED) is 0.493. The molecule has 0 atom stereocenters. The first-order valence-corrected chi connectivity index (χ1v) is 9.43. The molecule has 0 saturated heterocycles. The Morgan fingerprint density at radius 1 is 0.833 bits per heavy atom. The number of ether oxygens (including phenoxy) is 3. The molecule has 0 aliphatic carbocycles. The molecule has 1 N–H and O–H groups in total. The molecule has 7 nitrogen and oxygen atoms in total. The van der Waals surface area contributed by atoms with Crippen LogP contribution < -0.4 is 19.5 Å². The molecule has 0 amide bonds. The zero-order valence-electron chi connectivity index (χ0n) is 17.0. The van der Waals surface area contributed by atoms with Gasteiger partial charge in [-0.05, 0) is 30.3 Å². The summed E-state index contributed by atoms with van der Waals surface area (Å²) in [4.78, 5) is 13.6. The second-order valence-electron chi connectivity index (χ2n) is 6.53. The van der Waals surface area contributed by atoms with Gasteiger partial charge in [-0.1, -0.05) is 12.1 Å². The van der Waals surface area contributed by atoms with Crippen LogP contribution in [0.5, 0.6) is 17.2 Å². The number of aromatic nitrogens is 3. The van der Waals surface area contributed by atoms with Crippen molar-refractivity contribution in [3.63, 3.8) is 0 Å². The molecule has 0 aliphatic rings. The second kappa shape index (κ2) is 8.65. The molecule has 4 aromatic rings. The van der Waals surface area contributed by atoms with Crippen LogP contribution in [-0.2, 0) is 6.54 Å². The highest BCUT2D eigenvalue weighted by Gasteiger charge is 2.14. The highest BCUT2D eigenvalue weighted by Crippen LogP contribution is 2.35. The van der Waals surface area contributed by atoms with Crippen molar-refractivity contribution in [1.82, 2.24) is 15.0 Å².